The second-order valence-corrected chi connectivity index (χ2v) is 8.29. The Hall–Kier alpha value is -2.16. The van der Waals surface area contributed by atoms with Crippen LogP contribution >= 0.6 is 11.8 Å². The molecule has 2 aliphatic heterocycles. The Labute approximate surface area is 169 Å². The van der Waals surface area contributed by atoms with Crippen molar-refractivity contribution < 1.29 is 9.90 Å². The quantitative estimate of drug-likeness (QED) is 0.558. The molecular weight excluding hydrogens is 374 g/mol. The average molecular weight is 400 g/mol. The highest BCUT2D eigenvalue weighted by molar-refractivity contribution is 7.99. The van der Waals surface area contributed by atoms with Gasteiger partial charge in [-0.25, -0.2) is 9.97 Å². The van der Waals surface area contributed by atoms with Crippen LogP contribution in [-0.4, -0.2) is 51.6 Å². The number of likely N-dealkylation sites (tertiary alicyclic amines) is 1. The molecule has 0 amide bonds. The SMILES string of the molecule is O=C(O)CCCN1CCC(NCc2ccc3c(c2)Nc2nccnc2S3)CC1. The van der Waals surface area contributed by atoms with Crippen molar-refractivity contribution in [1.82, 2.24) is 20.2 Å². The molecule has 0 spiro atoms. The van der Waals surface area contributed by atoms with E-state index in [1.54, 1.807) is 24.2 Å². The highest BCUT2D eigenvalue weighted by Gasteiger charge is 2.20. The van der Waals surface area contributed by atoms with E-state index >= 15 is 0 Å². The van der Waals surface area contributed by atoms with Crippen molar-refractivity contribution in [3.8, 4) is 0 Å². The van der Waals surface area contributed by atoms with Gasteiger partial charge in [0.25, 0.3) is 0 Å². The van der Waals surface area contributed by atoms with Crippen LogP contribution in [0.2, 0.25) is 0 Å². The Morgan fingerprint density at radius 3 is 2.93 bits per heavy atom. The van der Waals surface area contributed by atoms with Gasteiger partial charge < -0.3 is 20.6 Å². The van der Waals surface area contributed by atoms with Gasteiger partial charge in [0.1, 0.15) is 5.03 Å². The predicted octanol–water partition coefficient (Wildman–Crippen LogP) is 3.10. The van der Waals surface area contributed by atoms with Gasteiger partial charge in [-0.3, -0.25) is 4.79 Å². The van der Waals surface area contributed by atoms with Gasteiger partial charge in [0, 0.05) is 36.3 Å². The molecule has 0 radical (unpaired) electrons. The van der Waals surface area contributed by atoms with Gasteiger partial charge in [-0.1, -0.05) is 17.8 Å². The Morgan fingerprint density at radius 1 is 1.29 bits per heavy atom. The molecule has 1 aromatic heterocycles. The molecule has 7 nitrogen and oxygen atoms in total. The molecule has 1 fully saturated rings. The van der Waals surface area contributed by atoms with E-state index in [0.29, 0.717) is 6.04 Å². The molecule has 148 valence electrons. The lowest BCUT2D eigenvalue weighted by atomic mass is 10.0. The summed E-state index contributed by atoms with van der Waals surface area (Å²) in [5.74, 6) is 0.116. The molecule has 2 aliphatic rings. The summed E-state index contributed by atoms with van der Waals surface area (Å²) in [6.45, 7) is 3.80. The first-order valence-corrected chi connectivity index (χ1v) is 10.6. The molecule has 1 aromatic carbocycles. The number of fused-ring (bicyclic) bond motifs is 2. The lowest BCUT2D eigenvalue weighted by molar-refractivity contribution is -0.137. The summed E-state index contributed by atoms with van der Waals surface area (Å²) in [6, 6.07) is 7.02. The van der Waals surface area contributed by atoms with Crippen molar-refractivity contribution in [1.29, 1.82) is 0 Å². The van der Waals surface area contributed by atoms with Gasteiger partial charge in [-0.15, -0.1) is 0 Å². The zero-order valence-electron chi connectivity index (χ0n) is 15.7. The third-order valence-electron chi connectivity index (χ3n) is 5.22. The maximum absolute atomic E-state index is 10.6. The zero-order valence-corrected chi connectivity index (χ0v) is 16.5. The monoisotopic (exact) mass is 399 g/mol. The maximum atomic E-state index is 10.6. The second-order valence-electron chi connectivity index (χ2n) is 7.26. The van der Waals surface area contributed by atoms with Crippen LogP contribution in [0.3, 0.4) is 0 Å². The van der Waals surface area contributed by atoms with Gasteiger partial charge in [0.05, 0.1) is 5.69 Å². The second kappa shape index (κ2) is 8.89. The smallest absolute Gasteiger partial charge is 0.303 e. The first-order chi connectivity index (χ1) is 13.7. The molecule has 0 saturated carbocycles. The fourth-order valence-electron chi connectivity index (χ4n) is 3.67. The fraction of sp³-hybridized carbons (Fsp3) is 0.450. The Morgan fingerprint density at radius 2 is 2.11 bits per heavy atom. The number of anilines is 2. The van der Waals surface area contributed by atoms with Crippen molar-refractivity contribution in [2.24, 2.45) is 0 Å². The van der Waals surface area contributed by atoms with E-state index in [1.165, 1.54) is 10.5 Å². The Kier molecular flexibility index (Phi) is 6.09. The molecule has 1 saturated heterocycles. The number of aromatic nitrogens is 2. The van der Waals surface area contributed by atoms with E-state index < -0.39 is 5.97 Å². The van der Waals surface area contributed by atoms with Crippen LogP contribution in [0.15, 0.2) is 40.5 Å². The predicted molar refractivity (Wildman–Crippen MR) is 109 cm³/mol. The van der Waals surface area contributed by atoms with Crippen molar-refractivity contribution in [3.05, 3.63) is 36.2 Å². The minimum absolute atomic E-state index is 0.263. The number of piperidine rings is 1. The lowest BCUT2D eigenvalue weighted by Gasteiger charge is -2.32. The van der Waals surface area contributed by atoms with Crippen LogP contribution in [0.25, 0.3) is 0 Å². The number of carboxylic acids is 1. The van der Waals surface area contributed by atoms with E-state index in [1.807, 2.05) is 0 Å². The number of benzene rings is 1. The molecule has 0 bridgehead atoms. The topological polar surface area (TPSA) is 90.4 Å². The number of carbonyl (C=O) groups is 1. The van der Waals surface area contributed by atoms with E-state index in [-0.39, 0.29) is 6.42 Å². The maximum Gasteiger partial charge on any atom is 0.303 e. The zero-order chi connectivity index (χ0) is 19.3. The van der Waals surface area contributed by atoms with Gasteiger partial charge in [-0.2, -0.15) is 0 Å². The molecule has 0 unspecified atom stereocenters. The molecule has 4 rings (SSSR count). The molecule has 3 N–H and O–H groups in total. The Bertz CT molecular complexity index is 839. The summed E-state index contributed by atoms with van der Waals surface area (Å²) >= 11 is 1.65. The molecular formula is C20H25N5O2S. The summed E-state index contributed by atoms with van der Waals surface area (Å²) in [5, 5.41) is 16.7. The minimum Gasteiger partial charge on any atom is -0.481 e. The first kappa shape index (κ1) is 19.2. The first-order valence-electron chi connectivity index (χ1n) is 9.74. The highest BCUT2D eigenvalue weighted by Crippen LogP contribution is 2.41. The van der Waals surface area contributed by atoms with Gasteiger partial charge in [0.2, 0.25) is 0 Å². The average Bonchev–Trinajstić information content (AvgIpc) is 2.71. The third kappa shape index (κ3) is 4.81. The van der Waals surface area contributed by atoms with E-state index in [0.717, 1.165) is 62.0 Å². The van der Waals surface area contributed by atoms with E-state index in [4.69, 9.17) is 5.11 Å². The van der Waals surface area contributed by atoms with Crippen LogP contribution in [0.4, 0.5) is 11.5 Å². The van der Waals surface area contributed by atoms with E-state index in [2.05, 4.69) is 43.7 Å². The summed E-state index contributed by atoms with van der Waals surface area (Å²) in [5.41, 5.74) is 2.34. The van der Waals surface area contributed by atoms with Gasteiger partial charge in [-0.05, 0) is 56.6 Å². The van der Waals surface area contributed by atoms with Crippen LogP contribution in [0, 0.1) is 0 Å². The van der Waals surface area contributed by atoms with Crippen LogP contribution in [0.5, 0.6) is 0 Å². The highest BCUT2D eigenvalue weighted by atomic mass is 32.2. The van der Waals surface area contributed by atoms with Crippen molar-refractivity contribution in [3.63, 3.8) is 0 Å². The largest absolute Gasteiger partial charge is 0.481 e. The number of aliphatic carboxylic acids is 1. The lowest BCUT2D eigenvalue weighted by Crippen LogP contribution is -2.42. The molecule has 3 heterocycles. The molecule has 2 aromatic rings. The normalized spacial score (nSPS) is 16.9. The van der Waals surface area contributed by atoms with Crippen molar-refractivity contribution in [2.45, 2.75) is 48.2 Å². The van der Waals surface area contributed by atoms with Crippen LogP contribution < -0.4 is 10.6 Å². The van der Waals surface area contributed by atoms with Gasteiger partial charge in [0.15, 0.2) is 5.82 Å². The third-order valence-corrected chi connectivity index (χ3v) is 6.28. The van der Waals surface area contributed by atoms with E-state index in [9.17, 15) is 4.79 Å². The number of nitrogens with zero attached hydrogens (tertiary/aromatic N) is 3. The summed E-state index contributed by atoms with van der Waals surface area (Å²) in [6.07, 6.45) is 6.63. The molecule has 28 heavy (non-hydrogen) atoms. The summed E-state index contributed by atoms with van der Waals surface area (Å²) in [4.78, 5) is 22.9. The Balaban J connectivity index is 1.25. The number of nitrogens with one attached hydrogen (secondary N) is 2. The van der Waals surface area contributed by atoms with Crippen molar-refractivity contribution >= 4 is 29.2 Å². The number of hydrogen-bond donors (Lipinski definition) is 3. The molecule has 0 aliphatic carbocycles. The van der Waals surface area contributed by atoms with Crippen molar-refractivity contribution in [2.75, 3.05) is 25.0 Å². The van der Waals surface area contributed by atoms with Gasteiger partial charge >= 0.3 is 5.97 Å². The standard InChI is InChI=1S/C20H25N5O2S/c26-18(27)2-1-9-25-10-5-15(6-11-25)23-13-14-3-4-17-16(12-14)24-19-20(28-17)22-8-7-21-19/h3-4,7-8,12,15,23H,1-2,5-6,9-11,13H2,(H,21,24)(H,26,27). The molecule has 0 atom stereocenters. The number of carboxylic acid groups (broad SMARTS) is 1. The fourth-order valence-corrected chi connectivity index (χ4v) is 4.55. The number of rotatable bonds is 7. The summed E-state index contributed by atoms with van der Waals surface area (Å²) in [7, 11) is 0. The summed E-state index contributed by atoms with van der Waals surface area (Å²) < 4.78 is 0. The number of hydrogen-bond acceptors (Lipinski definition) is 7. The van der Waals surface area contributed by atoms with Crippen LogP contribution in [-0.2, 0) is 11.3 Å². The molecule has 8 heteroatoms. The van der Waals surface area contributed by atoms with Crippen LogP contribution in [0.1, 0.15) is 31.2 Å². The minimum atomic E-state index is -0.704.